The molecule has 4 nitrogen and oxygen atoms in total. The number of carbonyl (C=O) groups is 1. The Morgan fingerprint density at radius 2 is 2.27 bits per heavy atom. The molecule has 1 aromatic heterocycles. The molecular formula is C6H7BrN2O2. The number of carboxylic acids is 1. The van der Waals surface area contributed by atoms with Crippen LogP contribution in [0.4, 0.5) is 0 Å². The van der Waals surface area contributed by atoms with Gasteiger partial charge in [-0.3, -0.25) is 4.68 Å². The van der Waals surface area contributed by atoms with Crippen LogP contribution < -0.4 is 0 Å². The largest absolute Gasteiger partial charge is 0.478 e. The first-order chi connectivity index (χ1) is 5.04. The molecule has 0 bridgehead atoms. The quantitative estimate of drug-likeness (QED) is 0.771. The Morgan fingerprint density at radius 1 is 1.73 bits per heavy atom. The smallest absolute Gasteiger partial charge is 0.340 e. The molecule has 0 atom stereocenters. The molecule has 11 heavy (non-hydrogen) atoms. The van der Waals surface area contributed by atoms with E-state index in [1.807, 2.05) is 0 Å². The molecule has 0 amide bonds. The summed E-state index contributed by atoms with van der Waals surface area (Å²) >= 11 is 3.06. The number of aryl methyl sites for hydroxylation is 1. The predicted molar refractivity (Wildman–Crippen MR) is 42.6 cm³/mol. The third-order valence-corrected chi connectivity index (χ3v) is 2.06. The summed E-state index contributed by atoms with van der Waals surface area (Å²) in [7, 11) is 1.70. The van der Waals surface area contributed by atoms with Crippen molar-refractivity contribution in [3.63, 3.8) is 0 Å². The Kier molecular flexibility index (Phi) is 1.99. The van der Waals surface area contributed by atoms with E-state index < -0.39 is 5.97 Å². The highest BCUT2D eigenvalue weighted by Gasteiger charge is 2.16. The number of carboxylic acid groups (broad SMARTS) is 1. The van der Waals surface area contributed by atoms with Crippen LogP contribution in [0.2, 0.25) is 0 Å². The summed E-state index contributed by atoms with van der Waals surface area (Å²) in [6.45, 7) is 1.71. The summed E-state index contributed by atoms with van der Waals surface area (Å²) in [6, 6.07) is 0. The highest BCUT2D eigenvalue weighted by Crippen LogP contribution is 2.17. The Hall–Kier alpha value is -0.840. The van der Waals surface area contributed by atoms with Crippen molar-refractivity contribution in [1.82, 2.24) is 9.78 Å². The minimum atomic E-state index is -0.956. The Bertz CT molecular complexity index is 306. The molecule has 1 N–H and O–H groups in total. The average Bonchev–Trinajstić information content (AvgIpc) is 2.07. The first-order valence-corrected chi connectivity index (χ1v) is 3.75. The van der Waals surface area contributed by atoms with Crippen molar-refractivity contribution in [1.29, 1.82) is 0 Å². The van der Waals surface area contributed by atoms with Crippen molar-refractivity contribution in [2.75, 3.05) is 0 Å². The third-order valence-electron chi connectivity index (χ3n) is 1.51. The maximum Gasteiger partial charge on any atom is 0.340 e. The van der Waals surface area contributed by atoms with Gasteiger partial charge in [-0.05, 0) is 22.9 Å². The zero-order valence-corrected chi connectivity index (χ0v) is 7.71. The maximum absolute atomic E-state index is 10.6. The minimum Gasteiger partial charge on any atom is -0.478 e. The monoisotopic (exact) mass is 218 g/mol. The zero-order chi connectivity index (χ0) is 8.59. The summed E-state index contributed by atoms with van der Waals surface area (Å²) in [4.78, 5) is 10.6. The molecule has 0 aliphatic heterocycles. The Balaban J connectivity index is 3.34. The average molecular weight is 219 g/mol. The zero-order valence-electron chi connectivity index (χ0n) is 6.13. The lowest BCUT2D eigenvalue weighted by atomic mass is 10.3. The Labute approximate surface area is 72.0 Å². The molecule has 0 aromatic carbocycles. The SMILES string of the molecule is Cc1c(C(=O)O)c(Br)nn1C. The van der Waals surface area contributed by atoms with Crippen molar-refractivity contribution in [2.45, 2.75) is 6.92 Å². The number of rotatable bonds is 1. The first-order valence-electron chi connectivity index (χ1n) is 2.96. The van der Waals surface area contributed by atoms with Gasteiger partial charge in [-0.2, -0.15) is 5.10 Å². The van der Waals surface area contributed by atoms with E-state index in [9.17, 15) is 4.79 Å². The minimum absolute atomic E-state index is 0.229. The lowest BCUT2D eigenvalue weighted by molar-refractivity contribution is 0.0695. The van der Waals surface area contributed by atoms with Crippen molar-refractivity contribution >= 4 is 21.9 Å². The molecule has 1 aromatic rings. The molecule has 0 saturated carbocycles. The predicted octanol–water partition coefficient (Wildman–Crippen LogP) is 1.19. The molecule has 1 heterocycles. The topological polar surface area (TPSA) is 55.1 Å². The summed E-state index contributed by atoms with van der Waals surface area (Å²) in [5.41, 5.74) is 0.872. The van der Waals surface area contributed by atoms with E-state index in [0.717, 1.165) is 0 Å². The summed E-state index contributed by atoms with van der Waals surface area (Å²) < 4.78 is 1.90. The molecule has 1 rings (SSSR count). The Morgan fingerprint density at radius 3 is 2.45 bits per heavy atom. The summed E-state index contributed by atoms with van der Waals surface area (Å²) in [5.74, 6) is -0.956. The van der Waals surface area contributed by atoms with Crippen molar-refractivity contribution in [3.8, 4) is 0 Å². The highest BCUT2D eigenvalue weighted by molar-refractivity contribution is 9.10. The molecular weight excluding hydrogens is 212 g/mol. The van der Waals surface area contributed by atoms with Gasteiger partial charge in [-0.1, -0.05) is 0 Å². The second-order valence-corrected chi connectivity index (χ2v) is 2.93. The number of halogens is 1. The first kappa shape index (κ1) is 8.26. The van der Waals surface area contributed by atoms with Crippen LogP contribution in [0.3, 0.4) is 0 Å². The van der Waals surface area contributed by atoms with Crippen molar-refractivity contribution in [2.24, 2.45) is 7.05 Å². The van der Waals surface area contributed by atoms with E-state index in [1.165, 1.54) is 4.68 Å². The van der Waals surface area contributed by atoms with E-state index in [2.05, 4.69) is 21.0 Å². The van der Waals surface area contributed by atoms with Crippen LogP contribution in [0.5, 0.6) is 0 Å². The number of aromatic carboxylic acids is 1. The van der Waals surface area contributed by atoms with Crippen LogP contribution in [-0.2, 0) is 7.05 Å². The van der Waals surface area contributed by atoms with E-state index in [0.29, 0.717) is 10.3 Å². The van der Waals surface area contributed by atoms with Gasteiger partial charge in [0.25, 0.3) is 0 Å². The number of hydrogen-bond acceptors (Lipinski definition) is 2. The summed E-state index contributed by atoms with van der Waals surface area (Å²) in [6.07, 6.45) is 0. The van der Waals surface area contributed by atoms with Crippen LogP contribution in [-0.4, -0.2) is 20.9 Å². The molecule has 0 aliphatic carbocycles. The van der Waals surface area contributed by atoms with Crippen LogP contribution in [0.15, 0.2) is 4.60 Å². The van der Waals surface area contributed by atoms with Gasteiger partial charge in [0.2, 0.25) is 0 Å². The van der Waals surface area contributed by atoms with E-state index >= 15 is 0 Å². The van der Waals surface area contributed by atoms with E-state index in [1.54, 1.807) is 14.0 Å². The lowest BCUT2D eigenvalue weighted by Crippen LogP contribution is -1.99. The normalized spacial score (nSPS) is 10.1. The molecule has 0 radical (unpaired) electrons. The molecule has 60 valence electrons. The van der Waals surface area contributed by atoms with Crippen LogP contribution in [0, 0.1) is 6.92 Å². The van der Waals surface area contributed by atoms with Crippen molar-refractivity contribution in [3.05, 3.63) is 15.9 Å². The van der Waals surface area contributed by atoms with Gasteiger partial charge >= 0.3 is 5.97 Å². The fourth-order valence-corrected chi connectivity index (χ4v) is 1.51. The molecule has 5 heteroatoms. The number of hydrogen-bond donors (Lipinski definition) is 1. The number of nitrogens with zero attached hydrogens (tertiary/aromatic N) is 2. The van der Waals surface area contributed by atoms with Crippen LogP contribution in [0.1, 0.15) is 16.1 Å². The standard InChI is InChI=1S/C6H7BrN2O2/c1-3-4(6(10)11)5(7)8-9(3)2/h1-2H3,(H,10,11). The lowest BCUT2D eigenvalue weighted by Gasteiger charge is -1.92. The summed E-state index contributed by atoms with van der Waals surface area (Å²) in [5, 5.41) is 12.6. The van der Waals surface area contributed by atoms with Gasteiger partial charge in [0.05, 0.1) is 5.69 Å². The van der Waals surface area contributed by atoms with Gasteiger partial charge in [-0.15, -0.1) is 0 Å². The molecule has 0 unspecified atom stereocenters. The van der Waals surface area contributed by atoms with Gasteiger partial charge in [0.15, 0.2) is 0 Å². The van der Waals surface area contributed by atoms with E-state index in [-0.39, 0.29) is 5.56 Å². The molecule has 0 aliphatic rings. The van der Waals surface area contributed by atoms with E-state index in [4.69, 9.17) is 5.11 Å². The van der Waals surface area contributed by atoms with Gasteiger partial charge in [0, 0.05) is 7.05 Å². The molecule has 0 fully saturated rings. The van der Waals surface area contributed by atoms with Crippen molar-refractivity contribution < 1.29 is 9.90 Å². The van der Waals surface area contributed by atoms with Crippen LogP contribution in [0.25, 0.3) is 0 Å². The molecule has 0 saturated heterocycles. The third kappa shape index (κ3) is 1.28. The fraction of sp³-hybridized carbons (Fsp3) is 0.333. The molecule has 0 spiro atoms. The second kappa shape index (κ2) is 2.65. The maximum atomic E-state index is 10.6. The van der Waals surface area contributed by atoms with Gasteiger partial charge in [-0.25, -0.2) is 4.79 Å². The van der Waals surface area contributed by atoms with Crippen LogP contribution >= 0.6 is 15.9 Å². The fourth-order valence-electron chi connectivity index (χ4n) is 0.811. The number of aromatic nitrogens is 2. The van der Waals surface area contributed by atoms with Gasteiger partial charge in [0.1, 0.15) is 10.2 Å². The van der Waals surface area contributed by atoms with Gasteiger partial charge < -0.3 is 5.11 Å². The second-order valence-electron chi connectivity index (χ2n) is 2.18. The highest BCUT2D eigenvalue weighted by atomic mass is 79.9.